The zero-order valence-corrected chi connectivity index (χ0v) is 19.5. The first kappa shape index (κ1) is 22.9. The molecule has 3 aromatic carbocycles. The molecule has 0 aromatic heterocycles. The Hall–Kier alpha value is -2.77. The zero-order valence-electron chi connectivity index (χ0n) is 17.8. The van der Waals surface area contributed by atoms with Crippen LogP contribution in [0.15, 0.2) is 77.7 Å². The van der Waals surface area contributed by atoms with Gasteiger partial charge in [-0.1, -0.05) is 43.3 Å². The number of nitrogens with zero attached hydrogens (tertiary/aromatic N) is 1. The Morgan fingerprint density at radius 2 is 1.61 bits per heavy atom. The number of carbonyl (C=O) groups is 1. The monoisotopic (exact) mass is 454 g/mol. The first-order valence-corrected chi connectivity index (χ1v) is 12.8. The minimum Gasteiger partial charge on any atom is -0.321 e. The number of hydrogen-bond acceptors (Lipinski definition) is 4. The van der Waals surface area contributed by atoms with Crippen LogP contribution in [0.1, 0.15) is 28.4 Å². The molecule has 0 unspecified atom stereocenters. The highest BCUT2D eigenvalue weighted by molar-refractivity contribution is 7.99. The van der Waals surface area contributed by atoms with Crippen molar-refractivity contribution in [1.29, 1.82) is 0 Å². The van der Waals surface area contributed by atoms with E-state index in [0.29, 0.717) is 11.3 Å². The van der Waals surface area contributed by atoms with E-state index in [1.54, 1.807) is 36.0 Å². The second-order valence-corrected chi connectivity index (χ2v) is 10.3. The number of sulfonamides is 1. The second-order valence-electron chi connectivity index (χ2n) is 7.13. The van der Waals surface area contributed by atoms with Gasteiger partial charge in [0.1, 0.15) is 0 Å². The maximum atomic E-state index is 12.7. The van der Waals surface area contributed by atoms with E-state index in [0.717, 1.165) is 27.5 Å². The largest absolute Gasteiger partial charge is 0.321 e. The number of nitrogens with one attached hydrogen (secondary N) is 1. The summed E-state index contributed by atoms with van der Waals surface area (Å²) in [6.45, 7) is 4.25. The Labute approximate surface area is 188 Å². The Morgan fingerprint density at radius 1 is 0.968 bits per heavy atom. The lowest BCUT2D eigenvalue weighted by atomic mass is 10.1. The maximum absolute atomic E-state index is 12.7. The number of anilines is 2. The standard InChI is InChI=1S/C24H26N2O3S2/c1-4-30-23-12-8-7-11-22(23)25-24(27)19-13-15-21(16-14-19)26(31(3,28)29)17-20-10-6-5-9-18(20)2/h5-16H,4,17H2,1-3H3,(H,25,27). The van der Waals surface area contributed by atoms with Crippen molar-refractivity contribution >= 4 is 39.1 Å². The summed E-state index contributed by atoms with van der Waals surface area (Å²) in [7, 11) is -3.50. The van der Waals surface area contributed by atoms with Gasteiger partial charge in [-0.15, -0.1) is 11.8 Å². The number of para-hydroxylation sites is 1. The fraction of sp³-hybridized carbons (Fsp3) is 0.208. The van der Waals surface area contributed by atoms with E-state index in [1.165, 1.54) is 10.6 Å². The highest BCUT2D eigenvalue weighted by atomic mass is 32.2. The van der Waals surface area contributed by atoms with Gasteiger partial charge in [0.05, 0.1) is 24.2 Å². The van der Waals surface area contributed by atoms with Crippen LogP contribution in [0.2, 0.25) is 0 Å². The fourth-order valence-corrected chi connectivity index (χ4v) is 4.81. The smallest absolute Gasteiger partial charge is 0.255 e. The summed E-state index contributed by atoms with van der Waals surface area (Å²) in [5, 5.41) is 2.95. The van der Waals surface area contributed by atoms with Crippen LogP contribution in [0.25, 0.3) is 0 Å². The third-order valence-corrected chi connectivity index (χ3v) is 6.92. The van der Waals surface area contributed by atoms with Gasteiger partial charge >= 0.3 is 0 Å². The molecule has 0 bridgehead atoms. The molecular weight excluding hydrogens is 428 g/mol. The predicted molar refractivity (Wildman–Crippen MR) is 129 cm³/mol. The van der Waals surface area contributed by atoms with E-state index in [9.17, 15) is 13.2 Å². The molecule has 0 fully saturated rings. The molecule has 0 aliphatic heterocycles. The summed E-state index contributed by atoms with van der Waals surface area (Å²) < 4.78 is 26.3. The Kier molecular flexibility index (Phi) is 7.41. The van der Waals surface area contributed by atoms with Crippen LogP contribution < -0.4 is 9.62 Å². The normalized spacial score (nSPS) is 11.2. The second kappa shape index (κ2) is 10.0. The molecule has 31 heavy (non-hydrogen) atoms. The fourth-order valence-electron chi connectivity index (χ4n) is 3.17. The van der Waals surface area contributed by atoms with Crippen LogP contribution >= 0.6 is 11.8 Å². The number of aryl methyl sites for hydroxylation is 1. The van der Waals surface area contributed by atoms with Gasteiger partial charge in [0.2, 0.25) is 10.0 Å². The summed E-state index contributed by atoms with van der Waals surface area (Å²) in [5.41, 5.74) is 3.70. The maximum Gasteiger partial charge on any atom is 0.255 e. The van der Waals surface area contributed by atoms with Crippen molar-refractivity contribution in [3.8, 4) is 0 Å². The van der Waals surface area contributed by atoms with Crippen molar-refractivity contribution in [1.82, 2.24) is 0 Å². The summed E-state index contributed by atoms with van der Waals surface area (Å²) in [4.78, 5) is 13.7. The molecule has 0 saturated carbocycles. The molecule has 3 aromatic rings. The van der Waals surface area contributed by atoms with Crippen LogP contribution in [0.5, 0.6) is 0 Å². The van der Waals surface area contributed by atoms with E-state index >= 15 is 0 Å². The first-order valence-electron chi connectivity index (χ1n) is 9.95. The molecule has 0 heterocycles. The van der Waals surface area contributed by atoms with Gasteiger partial charge in [-0.3, -0.25) is 9.10 Å². The topological polar surface area (TPSA) is 66.5 Å². The quantitative estimate of drug-likeness (QED) is 0.468. The molecular formula is C24H26N2O3S2. The molecule has 1 N–H and O–H groups in total. The van der Waals surface area contributed by atoms with E-state index in [1.807, 2.05) is 55.5 Å². The zero-order chi connectivity index (χ0) is 22.4. The summed E-state index contributed by atoms with van der Waals surface area (Å²) >= 11 is 1.66. The van der Waals surface area contributed by atoms with Crippen LogP contribution in [0.3, 0.4) is 0 Å². The molecule has 0 aliphatic carbocycles. The van der Waals surface area contributed by atoms with Crippen LogP contribution in [-0.4, -0.2) is 26.3 Å². The van der Waals surface area contributed by atoms with E-state index in [-0.39, 0.29) is 12.5 Å². The molecule has 5 nitrogen and oxygen atoms in total. The number of benzene rings is 3. The molecule has 0 atom stereocenters. The van der Waals surface area contributed by atoms with Gasteiger partial charge in [-0.05, 0) is 60.2 Å². The van der Waals surface area contributed by atoms with E-state index in [4.69, 9.17) is 0 Å². The Balaban J connectivity index is 1.82. The molecule has 1 amide bonds. The van der Waals surface area contributed by atoms with Crippen molar-refractivity contribution < 1.29 is 13.2 Å². The number of hydrogen-bond donors (Lipinski definition) is 1. The number of amides is 1. The third-order valence-electron chi connectivity index (χ3n) is 4.83. The van der Waals surface area contributed by atoms with Gasteiger partial charge < -0.3 is 5.32 Å². The average Bonchev–Trinajstić information content (AvgIpc) is 2.74. The number of carbonyl (C=O) groups excluding carboxylic acids is 1. The van der Waals surface area contributed by atoms with Crippen LogP contribution in [0.4, 0.5) is 11.4 Å². The molecule has 0 saturated heterocycles. The number of rotatable bonds is 8. The first-order chi connectivity index (χ1) is 14.8. The van der Waals surface area contributed by atoms with Crippen molar-refractivity contribution in [2.75, 3.05) is 21.6 Å². The Morgan fingerprint density at radius 3 is 2.26 bits per heavy atom. The van der Waals surface area contributed by atoms with E-state index in [2.05, 4.69) is 12.2 Å². The average molecular weight is 455 g/mol. The van der Waals surface area contributed by atoms with Gasteiger partial charge in [-0.25, -0.2) is 8.42 Å². The summed E-state index contributed by atoms with van der Waals surface area (Å²) in [6, 6.07) is 22.0. The van der Waals surface area contributed by atoms with Crippen molar-refractivity contribution in [3.63, 3.8) is 0 Å². The molecule has 0 radical (unpaired) electrons. The summed E-state index contributed by atoms with van der Waals surface area (Å²) in [6.07, 6.45) is 1.19. The van der Waals surface area contributed by atoms with Gasteiger partial charge in [0.15, 0.2) is 0 Å². The predicted octanol–water partition coefficient (Wildman–Crippen LogP) is 5.33. The van der Waals surface area contributed by atoms with Crippen LogP contribution in [-0.2, 0) is 16.6 Å². The molecule has 0 aliphatic rings. The lowest BCUT2D eigenvalue weighted by Crippen LogP contribution is -2.29. The number of thioether (sulfide) groups is 1. The third kappa shape index (κ3) is 5.89. The summed E-state index contributed by atoms with van der Waals surface area (Å²) in [5.74, 6) is 0.671. The molecule has 162 valence electrons. The van der Waals surface area contributed by atoms with Crippen molar-refractivity contribution in [3.05, 3.63) is 89.5 Å². The van der Waals surface area contributed by atoms with Gasteiger partial charge in [-0.2, -0.15) is 0 Å². The van der Waals surface area contributed by atoms with Gasteiger partial charge in [0, 0.05) is 10.5 Å². The highest BCUT2D eigenvalue weighted by Gasteiger charge is 2.19. The minimum atomic E-state index is -3.50. The van der Waals surface area contributed by atoms with E-state index < -0.39 is 10.0 Å². The molecule has 0 spiro atoms. The lowest BCUT2D eigenvalue weighted by molar-refractivity contribution is 0.102. The SMILES string of the molecule is CCSc1ccccc1NC(=O)c1ccc(N(Cc2ccccc2C)S(C)(=O)=O)cc1. The van der Waals surface area contributed by atoms with Gasteiger partial charge in [0.25, 0.3) is 5.91 Å². The molecule has 3 rings (SSSR count). The highest BCUT2D eigenvalue weighted by Crippen LogP contribution is 2.27. The minimum absolute atomic E-state index is 0.235. The molecule has 7 heteroatoms. The van der Waals surface area contributed by atoms with Crippen LogP contribution in [0, 0.1) is 6.92 Å². The van der Waals surface area contributed by atoms with Crippen molar-refractivity contribution in [2.45, 2.75) is 25.3 Å². The van der Waals surface area contributed by atoms with Crippen molar-refractivity contribution in [2.24, 2.45) is 0 Å². The lowest BCUT2D eigenvalue weighted by Gasteiger charge is -2.23. The Bertz CT molecular complexity index is 1160.